The number of aromatic carboxylic acids is 2. The number of nitrogens with two attached hydrogens (primary N) is 2. The topological polar surface area (TPSA) is 177 Å². The zero-order valence-corrected chi connectivity index (χ0v) is 21.9. The maximum absolute atomic E-state index is 11.2. The summed E-state index contributed by atoms with van der Waals surface area (Å²) >= 11 is -1.90. The van der Waals surface area contributed by atoms with Gasteiger partial charge in [0.25, 0.3) is 0 Å². The number of hydrogen-bond acceptors (Lipinski definition) is 10. The Balaban J connectivity index is 1.57. The summed E-state index contributed by atoms with van der Waals surface area (Å²) in [6.07, 6.45) is 0. The molecule has 13 heteroatoms. The molecule has 36 heavy (non-hydrogen) atoms. The van der Waals surface area contributed by atoms with Crippen LogP contribution in [0.3, 0.4) is 0 Å². The first-order chi connectivity index (χ1) is 17.3. The normalized spacial score (nSPS) is 10.8. The number of nitrogen functional groups attached to an aromatic ring is 2. The standard InChI is InChI=1S/C23H19AsN6O4S2/c25-21-28-22(26)30-23(29-21)27-16-7-5-15(6-8-16)24(35-17-9-1-13(2-10-17)19(31)32)36-18-11-3-14(4-12-18)20(33)34/h1-12H,(H,31,32)(H,33,34)(H5,25,26,27,28,29,30). The Kier molecular flexibility index (Phi) is 7.99. The molecule has 0 saturated heterocycles. The number of carbonyl (C=O) groups is 2. The number of anilines is 4. The van der Waals surface area contributed by atoms with Gasteiger partial charge < -0.3 is 0 Å². The number of hydrogen-bond donors (Lipinski definition) is 5. The van der Waals surface area contributed by atoms with E-state index in [-0.39, 0.29) is 29.0 Å². The first-order valence-corrected chi connectivity index (χ1v) is 17.3. The van der Waals surface area contributed by atoms with Gasteiger partial charge in [0.15, 0.2) is 0 Å². The third kappa shape index (κ3) is 6.69. The molecule has 0 unspecified atom stereocenters. The summed E-state index contributed by atoms with van der Waals surface area (Å²) in [6, 6.07) is 21.4. The van der Waals surface area contributed by atoms with Gasteiger partial charge in [-0.1, -0.05) is 0 Å². The van der Waals surface area contributed by atoms with Crippen LogP contribution in [0.2, 0.25) is 0 Å². The molecule has 0 spiro atoms. The Morgan fingerprint density at radius 3 is 1.56 bits per heavy atom. The number of carboxylic acid groups (broad SMARTS) is 2. The fourth-order valence-electron chi connectivity index (χ4n) is 2.89. The predicted octanol–water partition coefficient (Wildman–Crippen LogP) is 3.46. The van der Waals surface area contributed by atoms with Crippen LogP contribution >= 0.6 is 20.0 Å². The Morgan fingerprint density at radius 2 is 1.14 bits per heavy atom. The second-order valence-electron chi connectivity index (χ2n) is 7.15. The van der Waals surface area contributed by atoms with E-state index >= 15 is 0 Å². The van der Waals surface area contributed by atoms with E-state index < -0.39 is 24.3 Å². The van der Waals surface area contributed by atoms with Crippen LogP contribution in [-0.4, -0.2) is 49.4 Å². The monoisotopic (exact) mass is 582 g/mol. The summed E-state index contributed by atoms with van der Waals surface area (Å²) in [7, 11) is 3.39. The second-order valence-corrected chi connectivity index (χ2v) is 17.9. The van der Waals surface area contributed by atoms with E-state index in [0.717, 1.165) is 19.8 Å². The quantitative estimate of drug-likeness (QED) is 0.182. The van der Waals surface area contributed by atoms with Gasteiger partial charge in [0, 0.05) is 0 Å². The number of benzene rings is 3. The fraction of sp³-hybridized carbons (Fsp3) is 0. The van der Waals surface area contributed by atoms with Crippen LogP contribution < -0.4 is 21.1 Å². The summed E-state index contributed by atoms with van der Waals surface area (Å²) in [4.78, 5) is 36.1. The second kappa shape index (κ2) is 11.3. The Bertz CT molecular complexity index is 1310. The van der Waals surface area contributed by atoms with E-state index in [9.17, 15) is 19.8 Å². The molecule has 1 heterocycles. The average molecular weight is 582 g/mol. The molecule has 0 aliphatic rings. The molecule has 4 rings (SSSR count). The molecule has 0 aliphatic carbocycles. The van der Waals surface area contributed by atoms with E-state index in [1.165, 1.54) is 0 Å². The molecule has 10 nitrogen and oxygen atoms in total. The summed E-state index contributed by atoms with van der Waals surface area (Å²) in [5.41, 5.74) is 12.5. The van der Waals surface area contributed by atoms with Crippen LogP contribution in [0.15, 0.2) is 82.6 Å². The van der Waals surface area contributed by atoms with Crippen LogP contribution in [0.1, 0.15) is 20.7 Å². The summed E-state index contributed by atoms with van der Waals surface area (Å²) in [5.74, 6) is -1.67. The van der Waals surface area contributed by atoms with Gasteiger partial charge in [-0.15, -0.1) is 0 Å². The van der Waals surface area contributed by atoms with Gasteiger partial charge in [0.2, 0.25) is 0 Å². The van der Waals surface area contributed by atoms with Crippen molar-refractivity contribution in [2.75, 3.05) is 16.8 Å². The van der Waals surface area contributed by atoms with Crippen molar-refractivity contribution in [1.82, 2.24) is 15.0 Å². The van der Waals surface area contributed by atoms with E-state index in [2.05, 4.69) is 20.3 Å². The number of rotatable bonds is 9. The van der Waals surface area contributed by atoms with Gasteiger partial charge >= 0.3 is 217 Å². The maximum atomic E-state index is 11.2. The molecule has 0 amide bonds. The van der Waals surface area contributed by atoms with Gasteiger partial charge in [-0.05, 0) is 0 Å². The van der Waals surface area contributed by atoms with Crippen LogP contribution in [0.4, 0.5) is 23.5 Å². The third-order valence-electron chi connectivity index (χ3n) is 4.58. The zero-order chi connectivity index (χ0) is 25.7. The van der Waals surface area contributed by atoms with Crippen molar-refractivity contribution in [2.45, 2.75) is 9.79 Å². The summed E-state index contributed by atoms with van der Waals surface area (Å²) in [5, 5.41) is 21.4. The molecule has 0 bridgehead atoms. The van der Waals surface area contributed by atoms with Gasteiger partial charge in [-0.25, -0.2) is 0 Å². The third-order valence-corrected chi connectivity index (χ3v) is 16.6. The number of nitrogens with one attached hydrogen (secondary N) is 1. The molecule has 0 atom stereocenters. The van der Waals surface area contributed by atoms with Crippen LogP contribution in [0.5, 0.6) is 0 Å². The van der Waals surface area contributed by atoms with E-state index in [1.54, 1.807) is 68.6 Å². The zero-order valence-electron chi connectivity index (χ0n) is 18.4. The molecular weight excluding hydrogens is 563 g/mol. The predicted molar refractivity (Wildman–Crippen MR) is 142 cm³/mol. The molecule has 0 fully saturated rings. The average Bonchev–Trinajstić information content (AvgIpc) is 2.84. The molecule has 3 aromatic carbocycles. The number of nitrogens with zero attached hydrogens (tertiary/aromatic N) is 3. The molecule has 0 saturated carbocycles. The molecule has 1 aromatic heterocycles. The molecule has 4 aromatic rings. The molecule has 7 N–H and O–H groups in total. The first-order valence-electron chi connectivity index (χ1n) is 10.2. The molecule has 0 aliphatic heterocycles. The Labute approximate surface area is 216 Å². The summed E-state index contributed by atoms with van der Waals surface area (Å²) in [6.45, 7) is 0. The van der Waals surface area contributed by atoms with Crippen LogP contribution in [-0.2, 0) is 0 Å². The van der Waals surface area contributed by atoms with E-state index in [4.69, 9.17) is 11.5 Å². The van der Waals surface area contributed by atoms with Gasteiger partial charge in [0.1, 0.15) is 0 Å². The van der Waals surface area contributed by atoms with Crippen LogP contribution in [0, 0.1) is 0 Å². The van der Waals surface area contributed by atoms with Crippen molar-refractivity contribution >= 4 is 72.2 Å². The van der Waals surface area contributed by atoms with Gasteiger partial charge in [0.05, 0.1) is 0 Å². The van der Waals surface area contributed by atoms with Crippen molar-refractivity contribution < 1.29 is 19.8 Å². The molecule has 182 valence electrons. The first kappa shape index (κ1) is 25.4. The van der Waals surface area contributed by atoms with E-state index in [0.29, 0.717) is 0 Å². The molecule has 0 radical (unpaired) electrons. The number of aromatic nitrogens is 3. The minimum absolute atomic E-state index is 0.0186. The fourth-order valence-corrected chi connectivity index (χ4v) is 14.9. The Hall–Kier alpha value is -3.73. The number of carboxylic acids is 2. The van der Waals surface area contributed by atoms with Gasteiger partial charge in [-0.3, -0.25) is 0 Å². The van der Waals surface area contributed by atoms with Crippen molar-refractivity contribution in [3.8, 4) is 0 Å². The van der Waals surface area contributed by atoms with Crippen molar-refractivity contribution in [3.63, 3.8) is 0 Å². The van der Waals surface area contributed by atoms with Crippen molar-refractivity contribution in [1.29, 1.82) is 0 Å². The van der Waals surface area contributed by atoms with Gasteiger partial charge in [-0.2, -0.15) is 0 Å². The Morgan fingerprint density at radius 1 is 0.694 bits per heavy atom. The van der Waals surface area contributed by atoms with Crippen molar-refractivity contribution in [2.24, 2.45) is 0 Å². The van der Waals surface area contributed by atoms with Crippen molar-refractivity contribution in [3.05, 3.63) is 83.9 Å². The summed E-state index contributed by atoms with van der Waals surface area (Å²) < 4.78 is 1.13. The molecular formula is C23H19AsN6O4S2. The minimum atomic E-state index is -1.90. The van der Waals surface area contributed by atoms with Crippen LogP contribution in [0.25, 0.3) is 0 Å². The van der Waals surface area contributed by atoms with E-state index in [1.807, 2.05) is 24.3 Å². The SMILES string of the molecule is Nc1nc(N)nc(Nc2ccc([As](Sc3ccc(C(=O)O)cc3)Sc3ccc(C(=O)O)cc3)cc2)n1.